The van der Waals surface area contributed by atoms with Gasteiger partial charge in [-0.1, -0.05) is 30.3 Å². The molecule has 0 spiro atoms. The van der Waals surface area contributed by atoms with E-state index >= 15 is 0 Å². The minimum absolute atomic E-state index is 0.136. The normalized spacial score (nSPS) is 21.0. The van der Waals surface area contributed by atoms with Crippen molar-refractivity contribution in [3.63, 3.8) is 0 Å². The topological polar surface area (TPSA) is 21.3 Å². The van der Waals surface area contributed by atoms with Crippen molar-refractivity contribution in [3.8, 4) is 0 Å². The van der Waals surface area contributed by atoms with E-state index in [4.69, 9.17) is 4.84 Å². The zero-order valence-corrected chi connectivity index (χ0v) is 8.62. The Balaban J connectivity index is 2.00. The van der Waals surface area contributed by atoms with Gasteiger partial charge in [0, 0.05) is 6.42 Å². The molecule has 0 fully saturated rings. The van der Waals surface area contributed by atoms with E-state index in [0.29, 0.717) is 0 Å². The average molecular weight is 240 g/mol. The molecule has 2 rings (SSSR count). The van der Waals surface area contributed by atoms with Crippen molar-refractivity contribution in [1.29, 1.82) is 0 Å². The lowest BCUT2D eigenvalue weighted by molar-refractivity contribution is 0.0467. The third kappa shape index (κ3) is 2.32. The van der Waals surface area contributed by atoms with Crippen LogP contribution < -0.4 is 5.48 Å². The fourth-order valence-corrected chi connectivity index (χ4v) is 1.70. The van der Waals surface area contributed by atoms with Crippen LogP contribution in [0.1, 0.15) is 5.56 Å². The van der Waals surface area contributed by atoms with Crippen molar-refractivity contribution in [2.45, 2.75) is 12.5 Å². The van der Waals surface area contributed by atoms with Crippen LogP contribution in [0.3, 0.4) is 0 Å². The maximum absolute atomic E-state index is 5.28. The van der Waals surface area contributed by atoms with Crippen LogP contribution in [0.4, 0.5) is 0 Å². The molecule has 0 aliphatic carbocycles. The molecule has 1 aromatic rings. The van der Waals surface area contributed by atoms with Crippen LogP contribution in [0, 0.1) is 0 Å². The second-order valence-electron chi connectivity index (χ2n) is 2.96. The summed E-state index contributed by atoms with van der Waals surface area (Å²) in [6.07, 6.45) is 3.06. The van der Waals surface area contributed by atoms with Crippen LogP contribution in [0.25, 0.3) is 0 Å². The summed E-state index contributed by atoms with van der Waals surface area (Å²) in [7, 11) is 0. The fraction of sp³-hybridized carbons (Fsp3) is 0.200. The van der Waals surface area contributed by atoms with Crippen molar-refractivity contribution < 1.29 is 4.84 Å². The summed E-state index contributed by atoms with van der Waals surface area (Å²) in [5, 5.41) is 0. The van der Waals surface area contributed by atoms with Crippen molar-refractivity contribution in [1.82, 2.24) is 5.48 Å². The highest BCUT2D eigenvalue weighted by atomic mass is 79.9. The average Bonchev–Trinajstić information content (AvgIpc) is 2.53. The largest absolute Gasteiger partial charge is 0.268 e. The first-order chi connectivity index (χ1) is 6.34. The lowest BCUT2D eigenvalue weighted by Crippen LogP contribution is -2.13. The fourth-order valence-electron chi connectivity index (χ4n) is 1.31. The molecule has 0 saturated heterocycles. The van der Waals surface area contributed by atoms with Crippen molar-refractivity contribution >= 4 is 15.9 Å². The Bertz CT molecular complexity index is 310. The summed E-state index contributed by atoms with van der Waals surface area (Å²) in [6.45, 7) is 0. The third-order valence-electron chi connectivity index (χ3n) is 1.92. The number of hydroxylamine groups is 1. The Hall–Kier alpha value is -0.800. The lowest BCUT2D eigenvalue weighted by atomic mass is 10.1. The first kappa shape index (κ1) is 8.78. The van der Waals surface area contributed by atoms with Crippen molar-refractivity contribution in [2.24, 2.45) is 0 Å². The molecular formula is C10H10BrNO. The van der Waals surface area contributed by atoms with E-state index in [-0.39, 0.29) is 6.10 Å². The number of hydrogen-bond acceptors (Lipinski definition) is 2. The van der Waals surface area contributed by atoms with Gasteiger partial charge in [-0.25, -0.2) is 0 Å². The number of benzene rings is 1. The molecule has 0 saturated carbocycles. The van der Waals surface area contributed by atoms with Gasteiger partial charge in [0.25, 0.3) is 0 Å². The Morgan fingerprint density at radius 2 is 2.08 bits per heavy atom. The molecule has 1 aromatic carbocycles. The number of halogens is 1. The molecule has 0 aromatic heterocycles. The Morgan fingerprint density at radius 1 is 1.31 bits per heavy atom. The van der Waals surface area contributed by atoms with E-state index in [9.17, 15) is 0 Å². The first-order valence-corrected chi connectivity index (χ1v) is 4.97. The summed E-state index contributed by atoms with van der Waals surface area (Å²) < 4.78 is 0.911. The van der Waals surface area contributed by atoms with Gasteiger partial charge in [0.05, 0.1) is 0 Å². The first-order valence-electron chi connectivity index (χ1n) is 4.17. The van der Waals surface area contributed by atoms with Crippen LogP contribution in [-0.4, -0.2) is 6.10 Å². The minimum atomic E-state index is 0.136. The summed E-state index contributed by atoms with van der Waals surface area (Å²) in [5.74, 6) is 0. The van der Waals surface area contributed by atoms with Gasteiger partial charge in [0.15, 0.2) is 0 Å². The Morgan fingerprint density at radius 3 is 2.69 bits per heavy atom. The summed E-state index contributed by atoms with van der Waals surface area (Å²) in [4.78, 5) is 5.28. The molecular weight excluding hydrogens is 230 g/mol. The van der Waals surface area contributed by atoms with Gasteiger partial charge in [0.1, 0.15) is 10.7 Å². The molecule has 0 radical (unpaired) electrons. The minimum Gasteiger partial charge on any atom is -0.268 e. The van der Waals surface area contributed by atoms with Crippen molar-refractivity contribution in [3.05, 3.63) is 46.6 Å². The molecule has 0 unspecified atom stereocenters. The van der Waals surface area contributed by atoms with E-state index in [1.165, 1.54) is 5.56 Å². The zero-order chi connectivity index (χ0) is 9.10. The maximum Gasteiger partial charge on any atom is 0.110 e. The van der Waals surface area contributed by atoms with E-state index < -0.39 is 0 Å². The summed E-state index contributed by atoms with van der Waals surface area (Å²) >= 11 is 3.32. The van der Waals surface area contributed by atoms with E-state index in [1.54, 1.807) is 0 Å². The highest BCUT2D eigenvalue weighted by Crippen LogP contribution is 2.15. The number of hydrogen-bond donors (Lipinski definition) is 1. The smallest absolute Gasteiger partial charge is 0.110 e. The SMILES string of the molecule is BrC1=C[C@@H](Cc2ccccc2)ON1. The lowest BCUT2D eigenvalue weighted by Gasteiger charge is -2.06. The van der Waals surface area contributed by atoms with Crippen LogP contribution in [0.15, 0.2) is 41.0 Å². The Kier molecular flexibility index (Phi) is 2.66. The van der Waals surface area contributed by atoms with Gasteiger partial charge >= 0.3 is 0 Å². The second-order valence-corrected chi connectivity index (χ2v) is 3.82. The molecule has 1 N–H and O–H groups in total. The maximum atomic E-state index is 5.28. The van der Waals surface area contributed by atoms with Crippen LogP contribution in [0.5, 0.6) is 0 Å². The van der Waals surface area contributed by atoms with Gasteiger partial charge in [-0.05, 0) is 27.6 Å². The number of nitrogens with one attached hydrogen (secondary N) is 1. The zero-order valence-electron chi connectivity index (χ0n) is 7.03. The molecule has 0 bridgehead atoms. The van der Waals surface area contributed by atoms with E-state index in [2.05, 4.69) is 33.5 Å². The van der Waals surface area contributed by atoms with Gasteiger partial charge in [-0.15, -0.1) is 0 Å². The molecule has 1 aliphatic heterocycles. The van der Waals surface area contributed by atoms with Gasteiger partial charge in [0.2, 0.25) is 0 Å². The van der Waals surface area contributed by atoms with Crippen LogP contribution in [0.2, 0.25) is 0 Å². The van der Waals surface area contributed by atoms with Crippen molar-refractivity contribution in [2.75, 3.05) is 0 Å². The standard InChI is InChI=1S/C10H10BrNO/c11-10-7-9(13-12-10)6-8-4-2-1-3-5-8/h1-5,7,9,12H,6H2/t9-/m1/s1. The van der Waals surface area contributed by atoms with E-state index in [1.807, 2.05) is 24.3 Å². The van der Waals surface area contributed by atoms with Crippen LogP contribution >= 0.6 is 15.9 Å². The molecule has 3 heteroatoms. The predicted octanol–water partition coefficient (Wildman–Crippen LogP) is 2.37. The highest BCUT2D eigenvalue weighted by molar-refractivity contribution is 9.11. The van der Waals surface area contributed by atoms with Gasteiger partial charge < -0.3 is 0 Å². The highest BCUT2D eigenvalue weighted by Gasteiger charge is 2.14. The Labute approximate surface area is 85.7 Å². The molecule has 1 aliphatic rings. The number of rotatable bonds is 2. The predicted molar refractivity (Wildman–Crippen MR) is 55.2 cm³/mol. The van der Waals surface area contributed by atoms with Gasteiger partial charge in [-0.3, -0.25) is 10.3 Å². The van der Waals surface area contributed by atoms with Gasteiger partial charge in [-0.2, -0.15) is 0 Å². The molecule has 1 atom stereocenters. The van der Waals surface area contributed by atoms with E-state index in [0.717, 1.165) is 11.0 Å². The quantitative estimate of drug-likeness (QED) is 0.801. The van der Waals surface area contributed by atoms with Crippen LogP contribution in [-0.2, 0) is 11.3 Å². The monoisotopic (exact) mass is 239 g/mol. The molecule has 68 valence electrons. The molecule has 13 heavy (non-hydrogen) atoms. The third-order valence-corrected chi connectivity index (χ3v) is 2.35. The molecule has 2 nitrogen and oxygen atoms in total. The molecule has 1 heterocycles. The summed E-state index contributed by atoms with van der Waals surface area (Å²) in [5.41, 5.74) is 4.05. The second kappa shape index (κ2) is 3.94. The summed E-state index contributed by atoms with van der Waals surface area (Å²) in [6, 6.07) is 10.3. The molecule has 0 amide bonds.